The van der Waals surface area contributed by atoms with Crippen molar-refractivity contribution in [3.05, 3.63) is 0 Å². The van der Waals surface area contributed by atoms with Gasteiger partial charge in [0.25, 0.3) is 0 Å². The average molecular weight is 265 g/mol. The third kappa shape index (κ3) is 8.83. The van der Waals surface area contributed by atoms with E-state index in [0.717, 1.165) is 0 Å². The SMILES string of the molecule is C[Se]C(=N)N.I. The largest absolute Gasteiger partial charge is 0.107 e. The third-order valence-corrected chi connectivity index (χ3v) is 1.14. The topological polar surface area (TPSA) is 49.9 Å². The van der Waals surface area contributed by atoms with Crippen LogP contribution in [0.5, 0.6) is 0 Å². The van der Waals surface area contributed by atoms with E-state index in [9.17, 15) is 0 Å². The molecule has 0 saturated heterocycles. The van der Waals surface area contributed by atoms with Gasteiger partial charge in [-0.25, -0.2) is 0 Å². The zero-order valence-electron chi connectivity index (χ0n) is 3.39. The first kappa shape index (κ1) is 9.87. The van der Waals surface area contributed by atoms with Crippen molar-refractivity contribution in [3.8, 4) is 0 Å². The Morgan fingerprint density at radius 1 is 1.83 bits per heavy atom. The summed E-state index contributed by atoms with van der Waals surface area (Å²) in [6, 6.07) is 0. The van der Waals surface area contributed by atoms with Crippen LogP contribution in [0.25, 0.3) is 0 Å². The molecule has 2 nitrogen and oxygen atoms in total. The maximum absolute atomic E-state index is 6.55. The molecule has 0 saturated carbocycles. The molecule has 0 aromatic carbocycles. The van der Waals surface area contributed by atoms with Gasteiger partial charge in [0.2, 0.25) is 0 Å². The zero-order valence-corrected chi connectivity index (χ0v) is 7.44. The Bertz CT molecular complexity index is 46.8. The average Bonchev–Trinajstić information content (AvgIpc) is 1.38. The first-order chi connectivity index (χ1) is 2.27. The summed E-state index contributed by atoms with van der Waals surface area (Å²) in [4.78, 5) is 0. The van der Waals surface area contributed by atoms with Crippen molar-refractivity contribution < 1.29 is 0 Å². The van der Waals surface area contributed by atoms with Gasteiger partial charge in [-0.3, -0.25) is 0 Å². The van der Waals surface area contributed by atoms with E-state index in [1.807, 2.05) is 5.82 Å². The van der Waals surface area contributed by atoms with Crippen molar-refractivity contribution in [2.75, 3.05) is 0 Å². The second-order valence-corrected chi connectivity index (χ2v) is 2.35. The monoisotopic (exact) mass is 266 g/mol. The number of nitrogens with one attached hydrogen (secondary N) is 1. The van der Waals surface area contributed by atoms with Crippen LogP contribution in [0.4, 0.5) is 0 Å². The Labute approximate surface area is 60.6 Å². The molecular formula is C2H7IN2Se. The van der Waals surface area contributed by atoms with Gasteiger partial charge in [0, 0.05) is 0 Å². The Balaban J connectivity index is 0. The Morgan fingerprint density at radius 3 is 2.00 bits per heavy atom. The Morgan fingerprint density at radius 2 is 2.00 bits per heavy atom. The molecule has 3 N–H and O–H groups in total. The molecule has 0 heterocycles. The summed E-state index contributed by atoms with van der Waals surface area (Å²) >= 11 is 0.236. The second-order valence-electron chi connectivity index (χ2n) is 0.568. The number of rotatable bonds is 1. The van der Waals surface area contributed by atoms with Crippen molar-refractivity contribution in [2.24, 2.45) is 5.73 Å². The predicted octanol–water partition coefficient (Wildman–Crippen LogP) is 0.250. The fourth-order valence-electron chi connectivity index (χ4n) is 0. The van der Waals surface area contributed by atoms with Crippen LogP contribution in [0.15, 0.2) is 0 Å². The second kappa shape index (κ2) is 5.72. The number of hydrogen-bond acceptors (Lipinski definition) is 1. The normalized spacial score (nSPS) is 6.17. The minimum absolute atomic E-state index is 0. The summed E-state index contributed by atoms with van der Waals surface area (Å²) in [5.41, 5.74) is 4.90. The van der Waals surface area contributed by atoms with Crippen LogP contribution in [0.2, 0.25) is 5.82 Å². The molecule has 0 fully saturated rings. The molecule has 0 aliphatic carbocycles. The molecule has 0 unspecified atom stereocenters. The maximum atomic E-state index is 6.55. The summed E-state index contributed by atoms with van der Waals surface area (Å²) in [5, 5.41) is 6.55. The number of halogens is 1. The van der Waals surface area contributed by atoms with Crippen LogP contribution < -0.4 is 5.73 Å². The smallest absolute Gasteiger partial charge is 0.107 e. The summed E-state index contributed by atoms with van der Waals surface area (Å²) in [5.74, 6) is 1.91. The Kier molecular flexibility index (Phi) is 9.41. The van der Waals surface area contributed by atoms with E-state index >= 15 is 0 Å². The first-order valence-electron chi connectivity index (χ1n) is 1.15. The molecule has 0 radical (unpaired) electrons. The van der Waals surface area contributed by atoms with Crippen molar-refractivity contribution in [3.63, 3.8) is 0 Å². The quantitative estimate of drug-likeness (QED) is 0.303. The molecule has 0 aliphatic heterocycles. The van der Waals surface area contributed by atoms with Gasteiger partial charge in [0.05, 0.1) is 0 Å². The van der Waals surface area contributed by atoms with Gasteiger partial charge in [-0.05, 0) is 0 Å². The molecule has 0 rings (SSSR count). The molecule has 0 aromatic rings. The third-order valence-electron chi connectivity index (χ3n) is 0.220. The van der Waals surface area contributed by atoms with E-state index in [1.165, 1.54) is 0 Å². The van der Waals surface area contributed by atoms with Crippen LogP contribution in [-0.4, -0.2) is 19.7 Å². The van der Waals surface area contributed by atoms with Gasteiger partial charge in [-0.1, -0.05) is 0 Å². The van der Waals surface area contributed by atoms with E-state index in [4.69, 9.17) is 11.1 Å². The summed E-state index contributed by atoms with van der Waals surface area (Å²) in [6.45, 7) is 0. The van der Waals surface area contributed by atoms with Crippen LogP contribution in [0, 0.1) is 5.41 Å². The molecule has 0 amide bonds. The fraction of sp³-hybridized carbons (Fsp3) is 0.500. The molecule has 0 bridgehead atoms. The van der Waals surface area contributed by atoms with Gasteiger partial charge in [-0.2, -0.15) is 0 Å². The number of amidine groups is 1. The van der Waals surface area contributed by atoms with Gasteiger partial charge in [0.15, 0.2) is 0 Å². The van der Waals surface area contributed by atoms with Gasteiger partial charge in [-0.15, -0.1) is 24.0 Å². The van der Waals surface area contributed by atoms with E-state index < -0.39 is 0 Å². The van der Waals surface area contributed by atoms with Gasteiger partial charge < -0.3 is 0 Å². The summed E-state index contributed by atoms with van der Waals surface area (Å²) in [6.07, 6.45) is 0. The summed E-state index contributed by atoms with van der Waals surface area (Å²) in [7, 11) is 0. The standard InChI is InChI=1S/C2H6N2Se.HI/c1-5-2(3)4;/h1H3,(H3,3,4);1H. The number of nitrogens with two attached hydrogens (primary N) is 1. The van der Waals surface area contributed by atoms with E-state index in [-0.39, 0.29) is 38.9 Å². The molecule has 6 heavy (non-hydrogen) atoms. The predicted molar refractivity (Wildman–Crippen MR) is 38.9 cm³/mol. The van der Waals surface area contributed by atoms with Crippen molar-refractivity contribution >= 4 is 43.7 Å². The first-order valence-corrected chi connectivity index (χ1v) is 3.72. The van der Waals surface area contributed by atoms with Crippen LogP contribution in [-0.2, 0) is 0 Å². The van der Waals surface area contributed by atoms with Crippen LogP contribution >= 0.6 is 24.0 Å². The van der Waals surface area contributed by atoms with Gasteiger partial charge in [0.1, 0.15) is 0 Å². The molecular weight excluding hydrogens is 258 g/mol. The Hall–Kier alpha value is 0.719. The van der Waals surface area contributed by atoms with Crippen molar-refractivity contribution in [2.45, 2.75) is 5.82 Å². The molecule has 4 heteroatoms. The maximum Gasteiger partial charge on any atom is -0.107 e. The van der Waals surface area contributed by atoms with E-state index in [0.29, 0.717) is 4.73 Å². The number of hydrogen-bond donors (Lipinski definition) is 2. The molecule has 0 spiro atoms. The zero-order chi connectivity index (χ0) is 4.28. The summed E-state index contributed by atoms with van der Waals surface area (Å²) < 4.78 is 0.317. The van der Waals surface area contributed by atoms with Gasteiger partial charge >= 0.3 is 36.7 Å². The molecule has 0 aliphatic rings. The molecule has 38 valence electrons. The fourth-order valence-corrected chi connectivity index (χ4v) is 0. The van der Waals surface area contributed by atoms with E-state index in [2.05, 4.69) is 0 Å². The molecule has 0 atom stereocenters. The minimum Gasteiger partial charge on any atom is -0.107 e. The molecule has 0 aromatic heterocycles. The van der Waals surface area contributed by atoms with Crippen molar-refractivity contribution in [1.82, 2.24) is 0 Å². The van der Waals surface area contributed by atoms with Crippen LogP contribution in [0.3, 0.4) is 0 Å². The van der Waals surface area contributed by atoms with Crippen molar-refractivity contribution in [1.29, 1.82) is 5.41 Å². The van der Waals surface area contributed by atoms with E-state index in [1.54, 1.807) is 0 Å². The minimum atomic E-state index is 0. The van der Waals surface area contributed by atoms with Crippen LogP contribution in [0.1, 0.15) is 0 Å².